The fourth-order valence-corrected chi connectivity index (χ4v) is 4.97. The van der Waals surface area contributed by atoms with Gasteiger partial charge in [0.25, 0.3) is 0 Å². The van der Waals surface area contributed by atoms with E-state index in [0.717, 1.165) is 21.2 Å². The molecule has 1 aromatic carbocycles. The highest BCUT2D eigenvalue weighted by Gasteiger charge is 2.16. The maximum absolute atomic E-state index is 4.76. The van der Waals surface area contributed by atoms with Gasteiger partial charge in [-0.25, -0.2) is 4.98 Å². The molecule has 0 atom stereocenters. The van der Waals surface area contributed by atoms with Crippen LogP contribution in [0.25, 0.3) is 11.3 Å². The molecule has 0 aliphatic heterocycles. The largest absolute Gasteiger partial charge is 0.240 e. The minimum absolute atomic E-state index is 0.873. The molecule has 0 saturated heterocycles. The second kappa shape index (κ2) is 6.42. The standard InChI is InChI=1S/C15H16BrNS2/c16-12-5-3-4-11(8-12)14-9-19-15(17-14)10-18-13-6-1-2-7-13/h3-5,8-9,13H,1-2,6-7,10H2. The summed E-state index contributed by atoms with van der Waals surface area (Å²) in [6, 6.07) is 8.36. The SMILES string of the molecule is Brc1cccc(-c2csc(CSC3CCCC3)n2)c1. The minimum Gasteiger partial charge on any atom is -0.240 e. The number of aromatic nitrogens is 1. The lowest BCUT2D eigenvalue weighted by Gasteiger charge is -2.05. The number of thiazole rings is 1. The number of halogens is 1. The normalized spacial score (nSPS) is 16.1. The first-order valence-electron chi connectivity index (χ1n) is 6.63. The summed E-state index contributed by atoms with van der Waals surface area (Å²) in [4.78, 5) is 4.76. The maximum atomic E-state index is 4.76. The van der Waals surface area contributed by atoms with Gasteiger partial charge >= 0.3 is 0 Å². The van der Waals surface area contributed by atoms with Gasteiger partial charge in [-0.3, -0.25) is 0 Å². The topological polar surface area (TPSA) is 12.9 Å². The first-order chi connectivity index (χ1) is 9.31. The van der Waals surface area contributed by atoms with Crippen molar-refractivity contribution in [3.63, 3.8) is 0 Å². The molecule has 0 amide bonds. The zero-order valence-electron chi connectivity index (χ0n) is 10.6. The van der Waals surface area contributed by atoms with E-state index in [1.165, 1.54) is 36.3 Å². The molecule has 0 spiro atoms. The third kappa shape index (κ3) is 3.61. The van der Waals surface area contributed by atoms with Crippen molar-refractivity contribution in [2.75, 3.05) is 0 Å². The van der Waals surface area contributed by atoms with Crippen LogP contribution in [-0.2, 0) is 5.75 Å². The molecule has 100 valence electrons. The van der Waals surface area contributed by atoms with Crippen LogP contribution >= 0.6 is 39.0 Å². The summed E-state index contributed by atoms with van der Waals surface area (Å²) in [5.74, 6) is 1.07. The lowest BCUT2D eigenvalue weighted by atomic mass is 10.2. The summed E-state index contributed by atoms with van der Waals surface area (Å²) in [5, 5.41) is 4.30. The Kier molecular flexibility index (Phi) is 4.61. The molecular formula is C15H16BrNS2. The Hall–Kier alpha value is -0.320. The quantitative estimate of drug-likeness (QED) is 0.693. The fraction of sp³-hybridized carbons (Fsp3) is 0.400. The van der Waals surface area contributed by atoms with Gasteiger partial charge in [-0.05, 0) is 25.0 Å². The van der Waals surface area contributed by atoms with Crippen molar-refractivity contribution in [3.8, 4) is 11.3 Å². The lowest BCUT2D eigenvalue weighted by molar-refractivity contribution is 0.886. The Morgan fingerprint density at radius 2 is 2.16 bits per heavy atom. The van der Waals surface area contributed by atoms with E-state index in [1.54, 1.807) is 11.3 Å². The number of hydrogen-bond donors (Lipinski definition) is 0. The highest BCUT2D eigenvalue weighted by molar-refractivity contribution is 9.10. The second-order valence-corrected chi connectivity index (χ2v) is 8.00. The molecule has 19 heavy (non-hydrogen) atoms. The summed E-state index contributed by atoms with van der Waals surface area (Å²) >= 11 is 7.39. The third-order valence-electron chi connectivity index (χ3n) is 3.42. The van der Waals surface area contributed by atoms with Crippen LogP contribution in [0.4, 0.5) is 0 Å². The number of hydrogen-bond acceptors (Lipinski definition) is 3. The van der Waals surface area contributed by atoms with Crippen LogP contribution in [0.5, 0.6) is 0 Å². The van der Waals surface area contributed by atoms with E-state index in [-0.39, 0.29) is 0 Å². The zero-order valence-corrected chi connectivity index (χ0v) is 13.9. The molecule has 0 unspecified atom stereocenters. The molecule has 0 radical (unpaired) electrons. The number of nitrogens with zero attached hydrogens (tertiary/aromatic N) is 1. The van der Waals surface area contributed by atoms with Gasteiger partial charge in [0, 0.05) is 26.4 Å². The van der Waals surface area contributed by atoms with Crippen LogP contribution in [0.3, 0.4) is 0 Å². The van der Waals surface area contributed by atoms with Gasteiger partial charge in [0.05, 0.1) is 5.69 Å². The maximum Gasteiger partial charge on any atom is 0.103 e. The van der Waals surface area contributed by atoms with E-state index in [1.807, 2.05) is 6.07 Å². The van der Waals surface area contributed by atoms with Crippen molar-refractivity contribution < 1.29 is 0 Å². The predicted molar refractivity (Wildman–Crippen MR) is 88.8 cm³/mol. The summed E-state index contributed by atoms with van der Waals surface area (Å²) in [7, 11) is 0. The first kappa shape index (κ1) is 13.7. The first-order valence-corrected chi connectivity index (χ1v) is 9.35. The van der Waals surface area contributed by atoms with Crippen LogP contribution in [-0.4, -0.2) is 10.2 Å². The van der Waals surface area contributed by atoms with Crippen molar-refractivity contribution in [1.82, 2.24) is 4.98 Å². The monoisotopic (exact) mass is 353 g/mol. The van der Waals surface area contributed by atoms with E-state index >= 15 is 0 Å². The Morgan fingerprint density at radius 3 is 2.95 bits per heavy atom. The minimum atomic E-state index is 0.873. The van der Waals surface area contributed by atoms with Crippen molar-refractivity contribution in [1.29, 1.82) is 0 Å². The van der Waals surface area contributed by atoms with Gasteiger partial charge < -0.3 is 0 Å². The number of benzene rings is 1. The molecule has 1 aromatic heterocycles. The van der Waals surface area contributed by atoms with Crippen molar-refractivity contribution >= 4 is 39.0 Å². The van der Waals surface area contributed by atoms with E-state index < -0.39 is 0 Å². The molecule has 1 nitrogen and oxygen atoms in total. The Bertz CT molecular complexity index is 547. The van der Waals surface area contributed by atoms with Crippen molar-refractivity contribution in [2.45, 2.75) is 36.7 Å². The molecule has 1 fully saturated rings. The van der Waals surface area contributed by atoms with E-state index in [0.29, 0.717) is 0 Å². The molecule has 2 aromatic rings. The van der Waals surface area contributed by atoms with Gasteiger partial charge in [-0.1, -0.05) is 40.9 Å². The molecular weight excluding hydrogens is 338 g/mol. The summed E-state index contributed by atoms with van der Waals surface area (Å²) < 4.78 is 1.11. The highest BCUT2D eigenvalue weighted by Crippen LogP contribution is 2.33. The molecule has 1 saturated carbocycles. The summed E-state index contributed by atoms with van der Waals surface area (Å²) in [6.45, 7) is 0. The molecule has 1 heterocycles. The van der Waals surface area contributed by atoms with Gasteiger partial charge in [0.2, 0.25) is 0 Å². The molecule has 0 N–H and O–H groups in total. The van der Waals surface area contributed by atoms with Crippen LogP contribution < -0.4 is 0 Å². The lowest BCUT2D eigenvalue weighted by Crippen LogP contribution is -1.94. The van der Waals surface area contributed by atoms with Crippen LogP contribution in [0, 0.1) is 0 Å². The van der Waals surface area contributed by atoms with Crippen LogP contribution in [0.15, 0.2) is 34.1 Å². The summed E-state index contributed by atoms with van der Waals surface area (Å²) in [5.41, 5.74) is 2.30. The third-order valence-corrected chi connectivity index (χ3v) is 6.32. The van der Waals surface area contributed by atoms with Crippen LogP contribution in [0.2, 0.25) is 0 Å². The second-order valence-electron chi connectivity index (χ2n) is 4.85. The average molecular weight is 354 g/mol. The molecule has 4 heteroatoms. The van der Waals surface area contributed by atoms with Gasteiger partial charge in [0.1, 0.15) is 5.01 Å². The van der Waals surface area contributed by atoms with Crippen LogP contribution in [0.1, 0.15) is 30.7 Å². The predicted octanol–water partition coefficient (Wildman–Crippen LogP) is 5.75. The molecule has 0 bridgehead atoms. The van der Waals surface area contributed by atoms with Gasteiger partial charge in [-0.2, -0.15) is 11.8 Å². The van der Waals surface area contributed by atoms with Crippen molar-refractivity contribution in [2.24, 2.45) is 0 Å². The van der Waals surface area contributed by atoms with Gasteiger partial charge in [0.15, 0.2) is 0 Å². The molecule has 3 rings (SSSR count). The Balaban J connectivity index is 1.65. The summed E-state index contributed by atoms with van der Waals surface area (Å²) in [6.07, 6.45) is 5.63. The average Bonchev–Trinajstić information content (AvgIpc) is 3.08. The smallest absolute Gasteiger partial charge is 0.103 e. The number of thioether (sulfide) groups is 1. The Morgan fingerprint density at radius 1 is 1.32 bits per heavy atom. The zero-order chi connectivity index (χ0) is 13.1. The Labute approximate surface area is 131 Å². The molecule has 1 aliphatic carbocycles. The van der Waals surface area contributed by atoms with Gasteiger partial charge in [-0.15, -0.1) is 11.3 Å². The van der Waals surface area contributed by atoms with E-state index in [2.05, 4.69) is 51.3 Å². The van der Waals surface area contributed by atoms with E-state index in [9.17, 15) is 0 Å². The fourth-order valence-electron chi connectivity index (χ4n) is 2.40. The molecule has 1 aliphatic rings. The van der Waals surface area contributed by atoms with Crippen molar-refractivity contribution in [3.05, 3.63) is 39.1 Å². The van der Waals surface area contributed by atoms with E-state index in [4.69, 9.17) is 4.98 Å². The number of rotatable bonds is 4. The highest BCUT2D eigenvalue weighted by atomic mass is 79.9.